The van der Waals surface area contributed by atoms with Crippen molar-refractivity contribution in [1.29, 1.82) is 0 Å². The van der Waals surface area contributed by atoms with Gasteiger partial charge in [0, 0.05) is 46.3 Å². The molecule has 152 valence electrons. The molecule has 5 heteroatoms. The van der Waals surface area contributed by atoms with Crippen LogP contribution in [0, 0.1) is 0 Å². The summed E-state index contributed by atoms with van der Waals surface area (Å²) in [6.45, 7) is 0. The number of hydrogen-bond acceptors (Lipinski definition) is 4. The van der Waals surface area contributed by atoms with E-state index in [9.17, 15) is 4.79 Å². The molecule has 2 aromatic heterocycles. The molecule has 0 spiro atoms. The van der Waals surface area contributed by atoms with Gasteiger partial charge in [-0.1, -0.05) is 42.5 Å². The van der Waals surface area contributed by atoms with Crippen molar-refractivity contribution in [1.82, 2.24) is 9.97 Å². The lowest BCUT2D eigenvalue weighted by molar-refractivity contribution is 0.0601. The molecule has 0 saturated carbocycles. The molecule has 0 aliphatic rings. The van der Waals surface area contributed by atoms with Crippen LogP contribution in [0.4, 0.5) is 5.69 Å². The number of rotatable bonds is 4. The van der Waals surface area contributed by atoms with Crippen molar-refractivity contribution in [2.45, 2.75) is 0 Å². The normalized spacial score (nSPS) is 11.0. The van der Waals surface area contributed by atoms with Gasteiger partial charge in [-0.2, -0.15) is 0 Å². The van der Waals surface area contributed by atoms with Gasteiger partial charge in [0.2, 0.25) is 0 Å². The predicted molar refractivity (Wildman–Crippen MR) is 125 cm³/mol. The summed E-state index contributed by atoms with van der Waals surface area (Å²) < 4.78 is 4.83. The monoisotopic (exact) mass is 407 g/mol. The zero-order chi connectivity index (χ0) is 21.4. The summed E-state index contributed by atoms with van der Waals surface area (Å²) in [6, 6.07) is 24.0. The van der Waals surface area contributed by atoms with Gasteiger partial charge in [0.15, 0.2) is 0 Å². The van der Waals surface area contributed by atoms with Gasteiger partial charge in [-0.15, -0.1) is 0 Å². The number of H-pyrrole nitrogens is 1. The largest absolute Gasteiger partial charge is 0.465 e. The van der Waals surface area contributed by atoms with Crippen LogP contribution in [-0.4, -0.2) is 30.1 Å². The third-order valence-corrected chi connectivity index (χ3v) is 5.59. The summed E-state index contributed by atoms with van der Waals surface area (Å²) in [6.07, 6.45) is 1.90. The summed E-state index contributed by atoms with van der Waals surface area (Å²) in [7, 11) is 3.30. The van der Waals surface area contributed by atoms with Crippen LogP contribution < -0.4 is 5.32 Å². The van der Waals surface area contributed by atoms with Crippen LogP contribution in [0.1, 0.15) is 10.4 Å². The van der Waals surface area contributed by atoms with Crippen molar-refractivity contribution in [3.8, 4) is 22.3 Å². The molecule has 0 aliphatic carbocycles. The van der Waals surface area contributed by atoms with Crippen LogP contribution in [0.2, 0.25) is 0 Å². The molecule has 5 rings (SSSR count). The second kappa shape index (κ2) is 7.61. The van der Waals surface area contributed by atoms with Crippen molar-refractivity contribution in [2.75, 3.05) is 19.5 Å². The number of esters is 1. The molecule has 2 heterocycles. The van der Waals surface area contributed by atoms with Crippen LogP contribution >= 0.6 is 0 Å². The maximum atomic E-state index is 11.9. The van der Waals surface area contributed by atoms with Gasteiger partial charge in [-0.25, -0.2) is 9.78 Å². The van der Waals surface area contributed by atoms with Crippen LogP contribution in [0.15, 0.2) is 79.0 Å². The fraction of sp³-hybridized carbons (Fsp3) is 0.0769. The number of anilines is 1. The van der Waals surface area contributed by atoms with E-state index in [0.29, 0.717) is 5.56 Å². The SMILES string of the molecule is CNc1ccc2[nH]c3ncc(-c4ccc(C(=O)OC)cc4)c(-c4ccccc4)c3c2c1. The van der Waals surface area contributed by atoms with Crippen molar-refractivity contribution in [3.05, 3.63) is 84.6 Å². The average Bonchev–Trinajstić information content (AvgIpc) is 3.21. The highest BCUT2D eigenvalue weighted by Gasteiger charge is 2.18. The molecule has 0 atom stereocenters. The Morgan fingerprint density at radius 1 is 0.968 bits per heavy atom. The number of nitrogens with zero attached hydrogens (tertiary/aromatic N) is 1. The molecule has 0 amide bonds. The smallest absolute Gasteiger partial charge is 0.337 e. The second-order valence-electron chi connectivity index (χ2n) is 7.34. The number of nitrogens with one attached hydrogen (secondary N) is 2. The van der Waals surface area contributed by atoms with E-state index in [1.54, 1.807) is 12.1 Å². The Labute approximate surface area is 179 Å². The van der Waals surface area contributed by atoms with Crippen LogP contribution in [0.5, 0.6) is 0 Å². The Hall–Kier alpha value is -4.12. The van der Waals surface area contributed by atoms with Gasteiger partial charge >= 0.3 is 5.97 Å². The predicted octanol–water partition coefficient (Wildman–Crippen LogP) is 5.88. The number of aromatic nitrogens is 2. The first-order valence-electron chi connectivity index (χ1n) is 10.1. The molecule has 5 nitrogen and oxygen atoms in total. The average molecular weight is 407 g/mol. The van der Waals surface area contributed by atoms with Gasteiger partial charge < -0.3 is 15.0 Å². The standard InChI is InChI=1S/C26H21N3O2/c1-27-19-12-13-22-20(14-19)24-23(17-6-4-3-5-7-17)21(15-28-25(24)29-22)16-8-10-18(11-9-16)26(30)31-2/h3-15,27H,1-2H3,(H,28,29). The van der Waals surface area contributed by atoms with Gasteiger partial charge in [-0.3, -0.25) is 0 Å². The Balaban J connectivity index is 1.82. The molecule has 0 fully saturated rings. The third kappa shape index (κ3) is 3.20. The molecule has 31 heavy (non-hydrogen) atoms. The van der Waals surface area contributed by atoms with E-state index >= 15 is 0 Å². The number of methoxy groups -OCH3 is 1. The number of carbonyl (C=O) groups excluding carboxylic acids is 1. The highest BCUT2D eigenvalue weighted by Crippen LogP contribution is 2.41. The molecular weight excluding hydrogens is 386 g/mol. The Kier molecular flexibility index (Phi) is 4.64. The molecule has 5 aromatic rings. The van der Waals surface area contributed by atoms with E-state index in [1.165, 1.54) is 7.11 Å². The number of pyridine rings is 1. The zero-order valence-corrected chi connectivity index (χ0v) is 17.3. The lowest BCUT2D eigenvalue weighted by Gasteiger charge is -2.13. The highest BCUT2D eigenvalue weighted by atomic mass is 16.5. The minimum atomic E-state index is -0.348. The quantitative estimate of drug-likeness (QED) is 0.365. The van der Waals surface area contributed by atoms with Crippen LogP contribution in [0.3, 0.4) is 0 Å². The fourth-order valence-electron chi connectivity index (χ4n) is 4.04. The Morgan fingerprint density at radius 3 is 2.45 bits per heavy atom. The van der Waals surface area contributed by atoms with Crippen LogP contribution in [-0.2, 0) is 4.74 Å². The van der Waals surface area contributed by atoms with Gasteiger partial charge in [0.05, 0.1) is 12.7 Å². The molecule has 0 aliphatic heterocycles. The molecule has 2 N–H and O–H groups in total. The van der Waals surface area contributed by atoms with E-state index in [-0.39, 0.29) is 5.97 Å². The van der Waals surface area contributed by atoms with Crippen molar-refractivity contribution in [3.63, 3.8) is 0 Å². The number of aromatic amines is 1. The second-order valence-corrected chi connectivity index (χ2v) is 7.34. The molecule has 3 aromatic carbocycles. The number of benzene rings is 3. The molecule has 0 bridgehead atoms. The molecule has 0 unspecified atom stereocenters. The van der Waals surface area contributed by atoms with E-state index in [0.717, 1.165) is 49.9 Å². The van der Waals surface area contributed by atoms with E-state index < -0.39 is 0 Å². The maximum Gasteiger partial charge on any atom is 0.337 e. The fourth-order valence-corrected chi connectivity index (χ4v) is 4.04. The molecule has 0 radical (unpaired) electrons. The van der Waals surface area contributed by atoms with Gasteiger partial charge in [-0.05, 0) is 41.5 Å². The van der Waals surface area contributed by atoms with Gasteiger partial charge in [0.25, 0.3) is 0 Å². The minimum absolute atomic E-state index is 0.348. The van der Waals surface area contributed by atoms with E-state index in [4.69, 9.17) is 9.72 Å². The number of carbonyl (C=O) groups is 1. The Morgan fingerprint density at radius 2 is 1.74 bits per heavy atom. The lowest BCUT2D eigenvalue weighted by atomic mass is 9.92. The summed E-state index contributed by atoms with van der Waals surface area (Å²) in [5, 5.41) is 5.41. The number of hydrogen-bond donors (Lipinski definition) is 2. The minimum Gasteiger partial charge on any atom is -0.465 e. The first-order chi connectivity index (χ1) is 15.2. The maximum absolute atomic E-state index is 11.9. The third-order valence-electron chi connectivity index (χ3n) is 5.59. The van der Waals surface area contributed by atoms with Gasteiger partial charge in [0.1, 0.15) is 5.65 Å². The zero-order valence-electron chi connectivity index (χ0n) is 17.3. The highest BCUT2D eigenvalue weighted by molar-refractivity contribution is 6.16. The Bertz CT molecular complexity index is 1400. The van der Waals surface area contributed by atoms with E-state index in [2.05, 4.69) is 34.6 Å². The van der Waals surface area contributed by atoms with Crippen molar-refractivity contribution < 1.29 is 9.53 Å². The summed E-state index contributed by atoms with van der Waals surface area (Å²) in [5.74, 6) is -0.348. The van der Waals surface area contributed by atoms with E-state index in [1.807, 2.05) is 49.6 Å². The number of fused-ring (bicyclic) bond motifs is 3. The molecular formula is C26H21N3O2. The van der Waals surface area contributed by atoms with Crippen LogP contribution in [0.25, 0.3) is 44.2 Å². The molecule has 0 saturated heterocycles. The van der Waals surface area contributed by atoms with Crippen molar-refractivity contribution >= 4 is 33.6 Å². The summed E-state index contributed by atoms with van der Waals surface area (Å²) >= 11 is 0. The lowest BCUT2D eigenvalue weighted by Crippen LogP contribution is -2.00. The first kappa shape index (κ1) is 18.9. The summed E-state index contributed by atoms with van der Waals surface area (Å²) in [5.41, 5.74) is 7.65. The number of ether oxygens (including phenoxy) is 1. The van der Waals surface area contributed by atoms with Crippen molar-refractivity contribution in [2.24, 2.45) is 0 Å². The first-order valence-corrected chi connectivity index (χ1v) is 10.1. The summed E-state index contributed by atoms with van der Waals surface area (Å²) in [4.78, 5) is 20.0. The topological polar surface area (TPSA) is 67.0 Å².